The minimum absolute atomic E-state index is 0.0396. The van der Waals surface area contributed by atoms with Gasteiger partial charge in [-0.15, -0.1) is 0 Å². The first-order valence-corrected chi connectivity index (χ1v) is 8.73. The molecular formula is C17H19ClN2O2S. The Morgan fingerprint density at radius 3 is 2.83 bits per heavy atom. The monoisotopic (exact) mass is 350 g/mol. The highest BCUT2D eigenvalue weighted by Crippen LogP contribution is 2.17. The maximum atomic E-state index is 11.9. The first kappa shape index (κ1) is 17.5. The van der Waals surface area contributed by atoms with Gasteiger partial charge in [-0.25, -0.2) is 0 Å². The Labute approximate surface area is 144 Å². The molecule has 0 radical (unpaired) electrons. The lowest BCUT2D eigenvalue weighted by molar-refractivity contribution is -0.121. The predicted molar refractivity (Wildman–Crippen MR) is 93.9 cm³/mol. The molecule has 1 aromatic carbocycles. The van der Waals surface area contributed by atoms with Gasteiger partial charge in [-0.1, -0.05) is 23.7 Å². The number of thiophene rings is 1. The van der Waals surface area contributed by atoms with Crippen molar-refractivity contribution in [2.24, 2.45) is 0 Å². The summed E-state index contributed by atoms with van der Waals surface area (Å²) in [6, 6.07) is 9.11. The van der Waals surface area contributed by atoms with E-state index in [1.54, 1.807) is 17.5 Å². The Hall–Kier alpha value is -1.85. The minimum Gasteiger partial charge on any atom is -0.352 e. The molecule has 0 aliphatic heterocycles. The maximum Gasteiger partial charge on any atom is 0.252 e. The number of amides is 2. The van der Waals surface area contributed by atoms with E-state index in [0.717, 1.165) is 5.56 Å². The summed E-state index contributed by atoms with van der Waals surface area (Å²) < 4.78 is 0. The Balaban J connectivity index is 1.68. The normalized spacial score (nSPS) is 11.7. The number of carbonyl (C=O) groups is 2. The second-order valence-electron chi connectivity index (χ2n) is 5.22. The number of halogens is 1. The van der Waals surface area contributed by atoms with Crippen LogP contribution in [0.1, 0.15) is 41.7 Å². The first-order chi connectivity index (χ1) is 11.1. The molecule has 2 amide bonds. The predicted octanol–water partition coefficient (Wildman–Crippen LogP) is 3.79. The molecule has 2 aromatic rings. The van der Waals surface area contributed by atoms with Crippen LogP contribution in [-0.4, -0.2) is 18.4 Å². The van der Waals surface area contributed by atoms with Gasteiger partial charge < -0.3 is 10.6 Å². The van der Waals surface area contributed by atoms with Crippen molar-refractivity contribution in [3.8, 4) is 0 Å². The molecule has 2 N–H and O–H groups in total. The fourth-order valence-electron chi connectivity index (χ4n) is 2.12. The van der Waals surface area contributed by atoms with E-state index < -0.39 is 0 Å². The van der Waals surface area contributed by atoms with Gasteiger partial charge in [-0.3, -0.25) is 9.59 Å². The fraction of sp³-hybridized carbons (Fsp3) is 0.294. The summed E-state index contributed by atoms with van der Waals surface area (Å²) in [5, 5.41) is 10.0. The van der Waals surface area contributed by atoms with Gasteiger partial charge in [-0.2, -0.15) is 11.3 Å². The molecule has 1 atom stereocenters. The van der Waals surface area contributed by atoms with Crippen molar-refractivity contribution in [2.75, 3.05) is 6.54 Å². The van der Waals surface area contributed by atoms with Gasteiger partial charge in [0.1, 0.15) is 0 Å². The van der Waals surface area contributed by atoms with E-state index in [-0.39, 0.29) is 17.9 Å². The molecule has 1 aromatic heterocycles. The zero-order chi connectivity index (χ0) is 16.7. The Kier molecular flexibility index (Phi) is 6.62. The summed E-state index contributed by atoms with van der Waals surface area (Å²) in [4.78, 5) is 23.7. The van der Waals surface area contributed by atoms with Crippen molar-refractivity contribution < 1.29 is 9.59 Å². The smallest absolute Gasteiger partial charge is 0.252 e. The highest BCUT2D eigenvalue weighted by Gasteiger charge is 2.10. The molecule has 23 heavy (non-hydrogen) atoms. The zero-order valence-corrected chi connectivity index (χ0v) is 14.4. The molecule has 0 aliphatic carbocycles. The quantitative estimate of drug-likeness (QED) is 0.746. The first-order valence-electron chi connectivity index (χ1n) is 7.41. The van der Waals surface area contributed by atoms with E-state index >= 15 is 0 Å². The van der Waals surface area contributed by atoms with Crippen molar-refractivity contribution >= 4 is 34.8 Å². The molecule has 0 fully saturated rings. The highest BCUT2D eigenvalue weighted by molar-refractivity contribution is 7.08. The van der Waals surface area contributed by atoms with Crippen molar-refractivity contribution in [1.29, 1.82) is 0 Å². The van der Waals surface area contributed by atoms with E-state index in [1.165, 1.54) is 11.3 Å². The van der Waals surface area contributed by atoms with E-state index in [4.69, 9.17) is 11.6 Å². The zero-order valence-electron chi connectivity index (χ0n) is 12.8. The van der Waals surface area contributed by atoms with Crippen molar-refractivity contribution in [3.63, 3.8) is 0 Å². The standard InChI is InChI=1S/C17H19ClN2O2S/c1-12(13-4-2-5-15(18)10-13)20-16(21)6-3-8-19-17(22)14-7-9-23-11-14/h2,4-5,7,9-12H,3,6,8H2,1H3,(H,19,22)(H,20,21)/t12-/m0/s1. The van der Waals surface area contributed by atoms with Gasteiger partial charge in [0.05, 0.1) is 6.04 Å². The molecule has 0 spiro atoms. The summed E-state index contributed by atoms with van der Waals surface area (Å²) in [6.07, 6.45) is 0.971. The molecule has 0 saturated heterocycles. The van der Waals surface area contributed by atoms with Gasteiger partial charge >= 0.3 is 0 Å². The molecule has 6 heteroatoms. The van der Waals surface area contributed by atoms with Crippen LogP contribution in [0.5, 0.6) is 0 Å². The van der Waals surface area contributed by atoms with Crippen LogP contribution in [0.2, 0.25) is 5.02 Å². The lowest BCUT2D eigenvalue weighted by Gasteiger charge is -2.14. The third kappa shape index (κ3) is 5.69. The van der Waals surface area contributed by atoms with Crippen molar-refractivity contribution in [1.82, 2.24) is 10.6 Å². The Morgan fingerprint density at radius 1 is 1.30 bits per heavy atom. The molecule has 1 heterocycles. The van der Waals surface area contributed by atoms with Crippen molar-refractivity contribution in [3.05, 3.63) is 57.2 Å². The van der Waals surface area contributed by atoms with Crippen LogP contribution in [0.15, 0.2) is 41.1 Å². The third-order valence-electron chi connectivity index (χ3n) is 3.38. The van der Waals surface area contributed by atoms with Crippen molar-refractivity contribution in [2.45, 2.75) is 25.8 Å². The molecule has 122 valence electrons. The van der Waals surface area contributed by atoms with Crippen LogP contribution in [-0.2, 0) is 4.79 Å². The lowest BCUT2D eigenvalue weighted by atomic mass is 10.1. The topological polar surface area (TPSA) is 58.2 Å². The molecule has 2 rings (SSSR count). The Morgan fingerprint density at radius 2 is 2.13 bits per heavy atom. The number of hydrogen-bond donors (Lipinski definition) is 2. The van der Waals surface area contributed by atoms with Gasteiger partial charge in [0.2, 0.25) is 5.91 Å². The number of hydrogen-bond acceptors (Lipinski definition) is 3. The molecule has 0 bridgehead atoms. The van der Waals surface area contributed by atoms with E-state index in [9.17, 15) is 9.59 Å². The Bertz CT molecular complexity index is 658. The summed E-state index contributed by atoms with van der Waals surface area (Å²) in [7, 11) is 0. The van der Waals surface area contributed by atoms with Gasteiger partial charge in [0.25, 0.3) is 5.91 Å². The van der Waals surface area contributed by atoms with Crippen LogP contribution < -0.4 is 10.6 Å². The van der Waals surface area contributed by atoms with Gasteiger partial charge in [0.15, 0.2) is 0 Å². The SMILES string of the molecule is C[C@H](NC(=O)CCCNC(=O)c1ccsc1)c1cccc(Cl)c1. The second-order valence-corrected chi connectivity index (χ2v) is 6.43. The van der Waals surface area contributed by atoms with Crippen LogP contribution >= 0.6 is 22.9 Å². The average molecular weight is 351 g/mol. The number of benzene rings is 1. The summed E-state index contributed by atoms with van der Waals surface area (Å²) >= 11 is 7.43. The average Bonchev–Trinajstić information content (AvgIpc) is 3.06. The molecule has 0 unspecified atom stereocenters. The van der Waals surface area contributed by atoms with Crippen LogP contribution in [0.3, 0.4) is 0 Å². The minimum atomic E-state index is -0.0982. The van der Waals surface area contributed by atoms with Gasteiger partial charge in [-0.05, 0) is 42.5 Å². The maximum absolute atomic E-state index is 11.9. The summed E-state index contributed by atoms with van der Waals surface area (Å²) in [5.74, 6) is -0.138. The van der Waals surface area contributed by atoms with Crippen LogP contribution in [0.4, 0.5) is 0 Å². The number of carbonyl (C=O) groups excluding carboxylic acids is 2. The number of nitrogens with one attached hydrogen (secondary N) is 2. The molecular weight excluding hydrogens is 332 g/mol. The van der Waals surface area contributed by atoms with Crippen LogP contribution in [0.25, 0.3) is 0 Å². The molecule has 4 nitrogen and oxygen atoms in total. The third-order valence-corrected chi connectivity index (χ3v) is 4.29. The largest absolute Gasteiger partial charge is 0.352 e. The van der Waals surface area contributed by atoms with E-state index in [0.29, 0.717) is 30.0 Å². The number of rotatable bonds is 7. The second kappa shape index (κ2) is 8.70. The van der Waals surface area contributed by atoms with E-state index in [2.05, 4.69) is 10.6 Å². The summed E-state index contributed by atoms with van der Waals surface area (Å²) in [5.41, 5.74) is 1.63. The van der Waals surface area contributed by atoms with E-state index in [1.807, 2.05) is 30.5 Å². The fourth-order valence-corrected chi connectivity index (χ4v) is 2.95. The van der Waals surface area contributed by atoms with Crippen LogP contribution in [0, 0.1) is 0 Å². The molecule has 0 aliphatic rings. The molecule has 0 saturated carbocycles. The summed E-state index contributed by atoms with van der Waals surface area (Å²) in [6.45, 7) is 2.40. The lowest BCUT2D eigenvalue weighted by Crippen LogP contribution is -2.28. The van der Waals surface area contributed by atoms with Gasteiger partial charge in [0, 0.05) is 28.9 Å². The highest BCUT2D eigenvalue weighted by atomic mass is 35.5.